The van der Waals surface area contributed by atoms with E-state index in [1.807, 2.05) is 0 Å². The van der Waals surface area contributed by atoms with E-state index in [1.165, 1.54) is 13.8 Å². The Morgan fingerprint density at radius 1 is 0.905 bits per heavy atom. The fourth-order valence-corrected chi connectivity index (χ4v) is 1.11. The summed E-state index contributed by atoms with van der Waals surface area (Å²) in [6.45, 7) is 5.98. The molecule has 0 aromatic rings. The Morgan fingerprint density at radius 3 is 1.38 bits per heavy atom. The van der Waals surface area contributed by atoms with Crippen LogP contribution in [0.3, 0.4) is 0 Å². The van der Waals surface area contributed by atoms with E-state index in [-0.39, 0.29) is 11.1 Å². The van der Waals surface area contributed by atoms with E-state index in [0.717, 1.165) is 0 Å². The zero-order valence-electron chi connectivity index (χ0n) is 12.0. The summed E-state index contributed by atoms with van der Waals surface area (Å²) in [5.74, 6) is -5.39. The van der Waals surface area contributed by atoms with Crippen molar-refractivity contribution >= 4 is 11.9 Å². The topological polar surface area (TPSA) is 134 Å². The first kappa shape index (κ1) is 19.3. The Bertz CT molecular complexity index is 399. The minimum atomic E-state index is -3.10. The summed E-state index contributed by atoms with van der Waals surface area (Å²) in [6, 6.07) is 0. The van der Waals surface area contributed by atoms with Crippen molar-refractivity contribution in [1.29, 1.82) is 0 Å². The maximum atomic E-state index is 11.6. The molecule has 0 heterocycles. The second-order valence-electron chi connectivity index (χ2n) is 4.68. The average Bonchev–Trinajstić information content (AvgIpc) is 2.40. The molecule has 0 saturated carbocycles. The van der Waals surface area contributed by atoms with Gasteiger partial charge in [0.2, 0.25) is 0 Å². The highest BCUT2D eigenvalue weighted by atomic mass is 16.8. The summed E-state index contributed by atoms with van der Waals surface area (Å²) in [7, 11) is 0. The third-order valence-corrected chi connectivity index (χ3v) is 2.74. The summed E-state index contributed by atoms with van der Waals surface area (Å²) in [5.41, 5.74) is -2.51. The highest BCUT2D eigenvalue weighted by Crippen LogP contribution is 2.34. The first-order valence-electron chi connectivity index (χ1n) is 5.91. The lowest BCUT2D eigenvalue weighted by atomic mass is 9.87. The fraction of sp³-hybridized carbons (Fsp3) is 0.538. The van der Waals surface area contributed by atoms with Crippen molar-refractivity contribution < 1.29 is 39.5 Å². The van der Waals surface area contributed by atoms with Gasteiger partial charge in [-0.2, -0.15) is 0 Å². The molecule has 0 aromatic carbocycles. The van der Waals surface area contributed by atoms with Gasteiger partial charge in [0.15, 0.2) is 0 Å². The lowest BCUT2D eigenvalue weighted by Crippen LogP contribution is -2.60. The summed E-state index contributed by atoms with van der Waals surface area (Å²) < 4.78 is 9.22. The average molecular weight is 304 g/mol. The molecule has 0 spiro atoms. The molecule has 8 heteroatoms. The van der Waals surface area contributed by atoms with Gasteiger partial charge >= 0.3 is 17.9 Å². The van der Waals surface area contributed by atoms with Crippen LogP contribution in [0, 0.1) is 5.41 Å². The molecule has 0 aliphatic rings. The molecule has 4 N–H and O–H groups in total. The molecule has 0 radical (unpaired) electrons. The molecular weight excluding hydrogens is 284 g/mol. The van der Waals surface area contributed by atoms with Crippen LogP contribution in [0.1, 0.15) is 13.8 Å². The smallest absolute Gasteiger partial charge is 0.386 e. The molecule has 0 fully saturated rings. The number of rotatable bonds is 8. The second kappa shape index (κ2) is 7.32. The van der Waals surface area contributed by atoms with Gasteiger partial charge in [0, 0.05) is 11.1 Å². The van der Waals surface area contributed by atoms with Crippen LogP contribution in [0.15, 0.2) is 24.3 Å². The van der Waals surface area contributed by atoms with Gasteiger partial charge in [-0.15, -0.1) is 0 Å². The second-order valence-corrected chi connectivity index (χ2v) is 4.68. The van der Waals surface area contributed by atoms with Crippen LogP contribution in [0.4, 0.5) is 0 Å². The lowest BCUT2D eigenvalue weighted by molar-refractivity contribution is -0.389. The fourth-order valence-electron chi connectivity index (χ4n) is 1.11. The predicted octanol–water partition coefficient (Wildman–Crippen LogP) is -1.17. The van der Waals surface area contributed by atoms with Crippen molar-refractivity contribution in [3.05, 3.63) is 24.3 Å². The Hall–Kier alpha value is -1.74. The maximum Gasteiger partial charge on any atom is 0.386 e. The first-order chi connectivity index (χ1) is 9.59. The zero-order chi connectivity index (χ0) is 16.8. The number of aliphatic hydroxyl groups excluding tert-OH is 3. The van der Waals surface area contributed by atoms with Gasteiger partial charge in [-0.25, -0.2) is 9.59 Å². The van der Waals surface area contributed by atoms with Crippen molar-refractivity contribution in [2.24, 2.45) is 5.41 Å². The molecule has 0 atom stereocenters. The quantitative estimate of drug-likeness (QED) is 0.250. The van der Waals surface area contributed by atoms with E-state index in [0.29, 0.717) is 0 Å². The zero-order valence-corrected chi connectivity index (χ0v) is 12.0. The van der Waals surface area contributed by atoms with Gasteiger partial charge < -0.3 is 29.9 Å². The molecule has 8 nitrogen and oxygen atoms in total. The summed E-state index contributed by atoms with van der Waals surface area (Å²) in [5, 5.41) is 38.2. The molecule has 0 aliphatic carbocycles. The third kappa shape index (κ3) is 4.11. The van der Waals surface area contributed by atoms with Crippen molar-refractivity contribution in [2.75, 3.05) is 19.8 Å². The van der Waals surface area contributed by atoms with Crippen molar-refractivity contribution in [3.8, 4) is 0 Å². The lowest BCUT2D eigenvalue weighted by Gasteiger charge is -2.40. The predicted molar refractivity (Wildman–Crippen MR) is 70.5 cm³/mol. The number of carbonyl (C=O) groups is 2. The van der Waals surface area contributed by atoms with E-state index in [4.69, 9.17) is 0 Å². The summed E-state index contributed by atoms with van der Waals surface area (Å²) in [6.07, 6.45) is 0. The monoisotopic (exact) mass is 304 g/mol. The van der Waals surface area contributed by atoms with Crippen molar-refractivity contribution in [3.63, 3.8) is 0 Å². The van der Waals surface area contributed by atoms with E-state index in [9.17, 15) is 30.0 Å². The number of hydrogen-bond acceptors (Lipinski definition) is 8. The number of ether oxygens (including phenoxy) is 2. The van der Waals surface area contributed by atoms with Gasteiger partial charge in [-0.3, -0.25) is 0 Å². The number of aliphatic hydroxyl groups is 4. The normalized spacial score (nSPS) is 11.7. The van der Waals surface area contributed by atoms with Crippen LogP contribution < -0.4 is 0 Å². The minimum absolute atomic E-state index is 0.137. The van der Waals surface area contributed by atoms with E-state index < -0.39 is 43.1 Å². The Balaban J connectivity index is 5.73. The SMILES string of the molecule is C=C(C)C(=O)OC(O)(OC(=O)C(=C)C)C(CO)(CO)CO. The Morgan fingerprint density at radius 2 is 1.19 bits per heavy atom. The van der Waals surface area contributed by atoms with Gasteiger partial charge in [0.1, 0.15) is 5.41 Å². The Kier molecular flexibility index (Phi) is 6.71. The number of hydrogen-bond donors (Lipinski definition) is 4. The van der Waals surface area contributed by atoms with Crippen LogP contribution in [0.25, 0.3) is 0 Å². The van der Waals surface area contributed by atoms with Crippen LogP contribution in [-0.2, 0) is 19.1 Å². The summed E-state index contributed by atoms with van der Waals surface area (Å²) >= 11 is 0. The van der Waals surface area contributed by atoms with Gasteiger partial charge in [-0.1, -0.05) is 13.2 Å². The van der Waals surface area contributed by atoms with Crippen LogP contribution in [-0.4, -0.2) is 58.2 Å². The molecule has 21 heavy (non-hydrogen) atoms. The van der Waals surface area contributed by atoms with Gasteiger partial charge in [0.05, 0.1) is 19.8 Å². The molecule has 0 amide bonds. The maximum absolute atomic E-state index is 11.6. The van der Waals surface area contributed by atoms with Gasteiger partial charge in [0.25, 0.3) is 0 Å². The molecule has 0 unspecified atom stereocenters. The largest absolute Gasteiger partial charge is 0.395 e. The van der Waals surface area contributed by atoms with E-state index in [1.54, 1.807) is 0 Å². The molecule has 0 bridgehead atoms. The molecule has 0 rings (SSSR count). The number of carbonyl (C=O) groups excluding carboxylic acids is 2. The molecule has 0 aromatic heterocycles. The standard InChI is InChI=1S/C13H20O8/c1-8(2)10(17)20-13(19,21-11(18)9(3)4)12(5-14,6-15)7-16/h14-16,19H,1,3,5-7H2,2,4H3. The summed E-state index contributed by atoms with van der Waals surface area (Å²) in [4.78, 5) is 23.1. The first-order valence-corrected chi connectivity index (χ1v) is 5.91. The molecular formula is C13H20O8. The minimum Gasteiger partial charge on any atom is -0.395 e. The van der Waals surface area contributed by atoms with Crippen molar-refractivity contribution in [1.82, 2.24) is 0 Å². The highest BCUT2D eigenvalue weighted by Gasteiger charge is 2.57. The van der Waals surface area contributed by atoms with Crippen LogP contribution >= 0.6 is 0 Å². The molecule has 0 aliphatic heterocycles. The van der Waals surface area contributed by atoms with E-state index >= 15 is 0 Å². The molecule has 120 valence electrons. The van der Waals surface area contributed by atoms with Gasteiger partial charge in [-0.05, 0) is 13.8 Å². The van der Waals surface area contributed by atoms with Crippen LogP contribution in [0.2, 0.25) is 0 Å². The highest BCUT2D eigenvalue weighted by molar-refractivity contribution is 5.89. The third-order valence-electron chi connectivity index (χ3n) is 2.74. The Labute approximate surface area is 121 Å². The molecule has 0 saturated heterocycles. The van der Waals surface area contributed by atoms with Crippen LogP contribution in [0.5, 0.6) is 0 Å². The number of esters is 2. The van der Waals surface area contributed by atoms with Crippen molar-refractivity contribution in [2.45, 2.75) is 19.8 Å². The van der Waals surface area contributed by atoms with E-state index in [2.05, 4.69) is 22.6 Å².